The summed E-state index contributed by atoms with van der Waals surface area (Å²) in [4.78, 5) is 14.4. The predicted octanol–water partition coefficient (Wildman–Crippen LogP) is 3.01. The zero-order chi connectivity index (χ0) is 19.0. The van der Waals surface area contributed by atoms with E-state index in [4.69, 9.17) is 27.9 Å². The van der Waals surface area contributed by atoms with E-state index in [2.05, 4.69) is 4.90 Å². The number of ether oxygens (including phenoxy) is 1. The maximum absolute atomic E-state index is 12.1. The molecule has 3 heterocycles. The molecular weight excluding hydrogens is 387 g/mol. The van der Waals surface area contributed by atoms with Crippen molar-refractivity contribution in [3.8, 4) is 5.75 Å². The summed E-state index contributed by atoms with van der Waals surface area (Å²) >= 11 is 12.0. The highest BCUT2D eigenvalue weighted by Crippen LogP contribution is 2.35. The molecule has 2 aliphatic rings. The molecule has 144 valence electrons. The minimum atomic E-state index is -0.617. The van der Waals surface area contributed by atoms with E-state index in [1.54, 1.807) is 24.3 Å². The molecule has 2 aliphatic heterocycles. The highest BCUT2D eigenvalue weighted by molar-refractivity contribution is 6.35. The van der Waals surface area contributed by atoms with Gasteiger partial charge in [-0.3, -0.25) is 9.69 Å². The fraction of sp³-hybridized carbons (Fsp3) is 0.450. The molecule has 1 unspecified atom stereocenters. The fourth-order valence-electron chi connectivity index (χ4n) is 4.27. The number of nitrogens with zero attached hydrogens (tertiary/aromatic N) is 2. The van der Waals surface area contributed by atoms with Gasteiger partial charge >= 0.3 is 0 Å². The number of aliphatic hydroxyl groups is 1. The Balaban J connectivity index is 1.36. The molecule has 1 aromatic carbocycles. The van der Waals surface area contributed by atoms with Crippen LogP contribution in [0.3, 0.4) is 0 Å². The molecular formula is C20H22Cl2N2O3. The Hall–Kier alpha value is -1.53. The number of hydrogen-bond donors (Lipinski definition) is 1. The van der Waals surface area contributed by atoms with Crippen molar-refractivity contribution in [2.45, 2.75) is 25.0 Å². The van der Waals surface area contributed by atoms with Crippen molar-refractivity contribution < 1.29 is 9.84 Å². The van der Waals surface area contributed by atoms with E-state index < -0.39 is 6.10 Å². The Bertz CT molecular complexity index is 886. The first-order valence-electron chi connectivity index (χ1n) is 9.17. The summed E-state index contributed by atoms with van der Waals surface area (Å²) in [5.74, 6) is 1.30. The molecule has 3 atom stereocenters. The summed E-state index contributed by atoms with van der Waals surface area (Å²) < 4.78 is 7.56. The lowest BCUT2D eigenvalue weighted by molar-refractivity contribution is 0.0384. The van der Waals surface area contributed by atoms with Crippen LogP contribution in [-0.4, -0.2) is 46.9 Å². The third-order valence-electron chi connectivity index (χ3n) is 5.35. The molecule has 0 aliphatic carbocycles. The summed E-state index contributed by atoms with van der Waals surface area (Å²) in [6.45, 7) is 3.20. The van der Waals surface area contributed by atoms with E-state index in [-0.39, 0.29) is 12.2 Å². The minimum Gasteiger partial charge on any atom is -0.489 e. The van der Waals surface area contributed by atoms with E-state index in [0.717, 1.165) is 31.7 Å². The van der Waals surface area contributed by atoms with E-state index in [0.29, 0.717) is 34.2 Å². The Labute approximate surface area is 168 Å². The molecule has 0 amide bonds. The van der Waals surface area contributed by atoms with Gasteiger partial charge in [-0.25, -0.2) is 0 Å². The minimum absolute atomic E-state index is 0.0870. The topological polar surface area (TPSA) is 54.7 Å². The summed E-state index contributed by atoms with van der Waals surface area (Å²) in [7, 11) is 0. The molecule has 1 N–H and O–H groups in total. The SMILES string of the molecule is O=c1cccc2n1C[C@@H]1C[C@@H]2CN(CC(O)COc2ccc(Cl)cc2Cl)C1. The second-order valence-corrected chi connectivity index (χ2v) is 8.30. The average molecular weight is 409 g/mol. The predicted molar refractivity (Wildman–Crippen MR) is 106 cm³/mol. The molecule has 7 heteroatoms. The number of aromatic nitrogens is 1. The molecule has 27 heavy (non-hydrogen) atoms. The molecule has 2 bridgehead atoms. The second-order valence-electron chi connectivity index (χ2n) is 7.46. The van der Waals surface area contributed by atoms with Gasteiger partial charge in [0.1, 0.15) is 18.5 Å². The van der Waals surface area contributed by atoms with Crippen LogP contribution in [0.25, 0.3) is 0 Å². The molecule has 0 radical (unpaired) electrons. The number of piperidine rings is 1. The highest BCUT2D eigenvalue weighted by atomic mass is 35.5. The molecule has 1 saturated heterocycles. The summed E-state index contributed by atoms with van der Waals surface area (Å²) in [5, 5.41) is 11.4. The highest BCUT2D eigenvalue weighted by Gasteiger charge is 2.34. The lowest BCUT2D eigenvalue weighted by Gasteiger charge is -2.43. The van der Waals surface area contributed by atoms with Gasteiger partial charge in [0.25, 0.3) is 5.56 Å². The van der Waals surface area contributed by atoms with Gasteiger partial charge in [-0.2, -0.15) is 0 Å². The number of hydrogen-bond acceptors (Lipinski definition) is 4. The van der Waals surface area contributed by atoms with Crippen molar-refractivity contribution in [2.24, 2.45) is 5.92 Å². The fourth-order valence-corrected chi connectivity index (χ4v) is 4.74. The summed E-state index contributed by atoms with van der Waals surface area (Å²) in [5.41, 5.74) is 1.20. The zero-order valence-electron chi connectivity index (χ0n) is 14.9. The number of β-amino-alcohol motifs (C(OH)–C–C–N with tert-alkyl or cyclic N) is 1. The van der Waals surface area contributed by atoms with Crippen molar-refractivity contribution in [3.05, 3.63) is 62.5 Å². The van der Waals surface area contributed by atoms with E-state index in [9.17, 15) is 9.90 Å². The van der Waals surface area contributed by atoms with Crippen LogP contribution >= 0.6 is 23.2 Å². The first kappa shape index (κ1) is 18.8. The third-order valence-corrected chi connectivity index (χ3v) is 5.88. The maximum atomic E-state index is 12.1. The number of halogens is 2. The summed E-state index contributed by atoms with van der Waals surface area (Å²) in [6, 6.07) is 10.6. The number of pyridine rings is 1. The number of benzene rings is 1. The van der Waals surface area contributed by atoms with E-state index >= 15 is 0 Å². The molecule has 0 spiro atoms. The number of rotatable bonds is 5. The van der Waals surface area contributed by atoms with E-state index in [1.807, 2.05) is 16.7 Å². The van der Waals surface area contributed by atoms with Crippen LogP contribution < -0.4 is 10.3 Å². The van der Waals surface area contributed by atoms with Crippen molar-refractivity contribution in [1.82, 2.24) is 9.47 Å². The van der Waals surface area contributed by atoms with Gasteiger partial charge < -0.3 is 14.4 Å². The third kappa shape index (κ3) is 4.16. The van der Waals surface area contributed by atoms with Gasteiger partial charge in [-0.15, -0.1) is 0 Å². The maximum Gasteiger partial charge on any atom is 0.250 e. The number of likely N-dealkylation sites (tertiary alicyclic amines) is 1. The standard InChI is InChI=1S/C20H22Cl2N2O3/c21-15-4-5-19(17(22)7-15)27-12-16(25)11-23-8-13-6-14(10-23)18-2-1-3-20(26)24(18)9-13/h1-5,7,13-14,16,25H,6,8-12H2/t13-,14-,16?/m1/s1. The van der Waals surface area contributed by atoms with Gasteiger partial charge in [0, 0.05) is 48.9 Å². The first-order valence-corrected chi connectivity index (χ1v) is 9.93. The molecule has 4 rings (SSSR count). The molecule has 0 saturated carbocycles. The van der Waals surface area contributed by atoms with Crippen LogP contribution in [0, 0.1) is 5.92 Å². The van der Waals surface area contributed by atoms with Crippen molar-refractivity contribution in [1.29, 1.82) is 0 Å². The van der Waals surface area contributed by atoms with Crippen LogP contribution in [0.2, 0.25) is 10.0 Å². The monoisotopic (exact) mass is 408 g/mol. The van der Waals surface area contributed by atoms with Gasteiger partial charge in [0.2, 0.25) is 0 Å². The number of aliphatic hydroxyl groups excluding tert-OH is 1. The Morgan fingerprint density at radius 3 is 2.85 bits per heavy atom. The summed E-state index contributed by atoms with van der Waals surface area (Å²) in [6.07, 6.45) is 0.487. The zero-order valence-corrected chi connectivity index (χ0v) is 16.4. The van der Waals surface area contributed by atoms with E-state index in [1.165, 1.54) is 0 Å². The molecule has 1 fully saturated rings. The molecule has 2 aromatic rings. The second kappa shape index (κ2) is 7.84. The normalized spacial score (nSPS) is 22.9. The van der Waals surface area contributed by atoms with Crippen molar-refractivity contribution in [2.75, 3.05) is 26.2 Å². The van der Waals surface area contributed by atoms with Crippen LogP contribution in [-0.2, 0) is 6.54 Å². The molecule has 1 aromatic heterocycles. The Kier molecular flexibility index (Phi) is 5.46. The number of fused-ring (bicyclic) bond motifs is 4. The first-order chi connectivity index (χ1) is 13.0. The smallest absolute Gasteiger partial charge is 0.250 e. The lowest BCUT2D eigenvalue weighted by atomic mass is 9.83. The Morgan fingerprint density at radius 1 is 1.19 bits per heavy atom. The van der Waals surface area contributed by atoms with Gasteiger partial charge in [0.05, 0.1) is 5.02 Å². The van der Waals surface area contributed by atoms with Gasteiger partial charge in [0.15, 0.2) is 0 Å². The molecule has 5 nitrogen and oxygen atoms in total. The van der Waals surface area contributed by atoms with Crippen LogP contribution in [0.4, 0.5) is 0 Å². The van der Waals surface area contributed by atoms with Gasteiger partial charge in [-0.05, 0) is 36.6 Å². The van der Waals surface area contributed by atoms with Crippen LogP contribution in [0.5, 0.6) is 5.75 Å². The lowest BCUT2D eigenvalue weighted by Crippen LogP contribution is -2.49. The van der Waals surface area contributed by atoms with Crippen LogP contribution in [0.1, 0.15) is 18.0 Å². The average Bonchev–Trinajstić information content (AvgIpc) is 2.62. The van der Waals surface area contributed by atoms with Crippen molar-refractivity contribution in [3.63, 3.8) is 0 Å². The van der Waals surface area contributed by atoms with Gasteiger partial charge in [-0.1, -0.05) is 29.3 Å². The van der Waals surface area contributed by atoms with Crippen LogP contribution in [0.15, 0.2) is 41.2 Å². The quantitative estimate of drug-likeness (QED) is 0.825. The largest absolute Gasteiger partial charge is 0.489 e. The Morgan fingerprint density at radius 2 is 2.04 bits per heavy atom. The van der Waals surface area contributed by atoms with Crippen molar-refractivity contribution >= 4 is 23.2 Å².